The Labute approximate surface area is 219 Å². The van der Waals surface area contributed by atoms with E-state index in [4.69, 9.17) is 9.47 Å². The molecule has 1 aromatic heterocycles. The third kappa shape index (κ3) is 5.20. The number of imide groups is 1. The number of ether oxygens (including phenoxy) is 2. The summed E-state index contributed by atoms with van der Waals surface area (Å²) >= 11 is 0. The van der Waals surface area contributed by atoms with Crippen molar-refractivity contribution in [2.75, 3.05) is 20.2 Å². The van der Waals surface area contributed by atoms with Crippen molar-refractivity contribution < 1.29 is 32.6 Å². The Hall–Kier alpha value is -3.60. The minimum absolute atomic E-state index is 0.0398. The number of urea groups is 1. The maximum absolute atomic E-state index is 14.0. The molecule has 3 amide bonds. The highest BCUT2D eigenvalue weighted by Gasteiger charge is 2.51. The van der Waals surface area contributed by atoms with Crippen molar-refractivity contribution in [3.63, 3.8) is 0 Å². The quantitative estimate of drug-likeness (QED) is 0.588. The molecule has 3 heterocycles. The minimum atomic E-state index is -1.50. The lowest BCUT2D eigenvalue weighted by atomic mass is 9.83. The van der Waals surface area contributed by atoms with Gasteiger partial charge in [0.05, 0.1) is 7.11 Å². The summed E-state index contributed by atoms with van der Waals surface area (Å²) in [5.41, 5.74) is 1.17. The van der Waals surface area contributed by atoms with E-state index in [0.717, 1.165) is 62.1 Å². The molecule has 1 aromatic carbocycles. The lowest BCUT2D eigenvalue weighted by Crippen LogP contribution is -2.48. The standard InChI is InChI=1S/C27H30F2N4O5/c1-37-25(34)24-23(17-7-10-20(28)21(29)14-17)33(27(36)38-24)26(35)31-18-11-13-32(15-18)19-8-5-16(6-9-19)22-4-2-3-12-30-22/h2-4,7,10,12,14,16,18-19,23-24H,5-6,8-9,11,13,15H2,1H3,(H,31,35). The Kier molecular flexibility index (Phi) is 7.55. The fourth-order valence-electron chi connectivity index (χ4n) is 5.84. The first-order valence-electron chi connectivity index (χ1n) is 12.8. The number of benzene rings is 1. The maximum atomic E-state index is 14.0. The second-order valence-electron chi connectivity index (χ2n) is 10.0. The molecule has 2 saturated heterocycles. The molecule has 2 aromatic rings. The van der Waals surface area contributed by atoms with E-state index in [9.17, 15) is 23.2 Å². The van der Waals surface area contributed by atoms with Gasteiger partial charge in [0.15, 0.2) is 11.6 Å². The average molecular weight is 529 g/mol. The Balaban J connectivity index is 1.23. The molecule has 3 unspecified atom stereocenters. The molecule has 38 heavy (non-hydrogen) atoms. The van der Waals surface area contributed by atoms with Crippen LogP contribution in [-0.4, -0.2) is 71.3 Å². The Bertz CT molecular complexity index is 1190. The van der Waals surface area contributed by atoms with Gasteiger partial charge in [0.25, 0.3) is 0 Å². The molecule has 0 radical (unpaired) electrons. The molecule has 1 saturated carbocycles. The largest absolute Gasteiger partial charge is 0.466 e. The van der Waals surface area contributed by atoms with Gasteiger partial charge >= 0.3 is 18.1 Å². The molecule has 1 aliphatic carbocycles. The van der Waals surface area contributed by atoms with E-state index in [1.54, 1.807) is 0 Å². The van der Waals surface area contributed by atoms with Crippen LogP contribution in [0.5, 0.6) is 0 Å². The first-order valence-corrected chi connectivity index (χ1v) is 12.8. The first-order chi connectivity index (χ1) is 18.4. The van der Waals surface area contributed by atoms with E-state index < -0.39 is 41.9 Å². The highest BCUT2D eigenvalue weighted by molar-refractivity contribution is 5.96. The molecule has 5 rings (SSSR count). The van der Waals surface area contributed by atoms with E-state index in [0.29, 0.717) is 24.9 Å². The highest BCUT2D eigenvalue weighted by Crippen LogP contribution is 2.36. The van der Waals surface area contributed by atoms with Crippen LogP contribution in [0.3, 0.4) is 0 Å². The van der Waals surface area contributed by atoms with Crippen molar-refractivity contribution in [3.8, 4) is 0 Å². The molecule has 1 N–H and O–H groups in total. The number of halogens is 2. The number of hydrogen-bond donors (Lipinski definition) is 1. The monoisotopic (exact) mass is 528 g/mol. The van der Waals surface area contributed by atoms with Gasteiger partial charge < -0.3 is 14.8 Å². The van der Waals surface area contributed by atoms with Gasteiger partial charge in [0.2, 0.25) is 6.10 Å². The van der Waals surface area contributed by atoms with Crippen LogP contribution < -0.4 is 5.32 Å². The van der Waals surface area contributed by atoms with Gasteiger partial charge in [-0.2, -0.15) is 0 Å². The van der Waals surface area contributed by atoms with Crippen LogP contribution >= 0.6 is 0 Å². The second kappa shape index (κ2) is 11.0. The fourth-order valence-corrected chi connectivity index (χ4v) is 5.84. The van der Waals surface area contributed by atoms with Gasteiger partial charge in [-0.3, -0.25) is 9.88 Å². The van der Waals surface area contributed by atoms with Crippen molar-refractivity contribution in [1.29, 1.82) is 0 Å². The third-order valence-electron chi connectivity index (χ3n) is 7.79. The second-order valence-corrected chi connectivity index (χ2v) is 10.0. The van der Waals surface area contributed by atoms with Crippen LogP contribution in [0.4, 0.5) is 18.4 Å². The van der Waals surface area contributed by atoms with Crippen LogP contribution in [0, 0.1) is 11.6 Å². The smallest absolute Gasteiger partial charge is 0.419 e. The highest BCUT2D eigenvalue weighted by atomic mass is 19.2. The van der Waals surface area contributed by atoms with Gasteiger partial charge in [0.1, 0.15) is 6.04 Å². The lowest BCUT2D eigenvalue weighted by Gasteiger charge is -2.34. The van der Waals surface area contributed by atoms with E-state index >= 15 is 0 Å². The van der Waals surface area contributed by atoms with Crippen molar-refractivity contribution in [2.24, 2.45) is 0 Å². The molecule has 11 heteroatoms. The van der Waals surface area contributed by atoms with Gasteiger partial charge in [0, 0.05) is 43.0 Å². The number of carbonyl (C=O) groups is 3. The number of nitrogens with one attached hydrogen (secondary N) is 1. The number of methoxy groups -OCH3 is 1. The third-order valence-corrected chi connectivity index (χ3v) is 7.79. The molecule has 2 aliphatic heterocycles. The number of hydrogen-bond acceptors (Lipinski definition) is 7. The molecular formula is C27H30F2N4O5. The SMILES string of the molecule is COC(=O)C1OC(=O)N(C(=O)NC2CCN(C3CCC(c4ccccn4)CC3)C2)C1c1ccc(F)c(F)c1. The van der Waals surface area contributed by atoms with Crippen molar-refractivity contribution in [3.05, 3.63) is 65.5 Å². The number of esters is 1. The van der Waals surface area contributed by atoms with Crippen LogP contribution in [0.15, 0.2) is 42.6 Å². The van der Waals surface area contributed by atoms with Crippen molar-refractivity contribution in [1.82, 2.24) is 20.1 Å². The number of likely N-dealkylation sites (tertiary alicyclic amines) is 1. The predicted molar refractivity (Wildman–Crippen MR) is 131 cm³/mol. The number of aromatic nitrogens is 1. The lowest BCUT2D eigenvalue weighted by molar-refractivity contribution is -0.150. The Morgan fingerprint density at radius 1 is 1.08 bits per heavy atom. The van der Waals surface area contributed by atoms with E-state index in [1.165, 1.54) is 6.07 Å². The molecule has 9 nitrogen and oxygen atoms in total. The summed E-state index contributed by atoms with van der Waals surface area (Å²) in [5, 5.41) is 2.87. The summed E-state index contributed by atoms with van der Waals surface area (Å²) in [6, 6.07) is 7.07. The summed E-state index contributed by atoms with van der Waals surface area (Å²) < 4.78 is 37.4. The molecule has 3 aliphatic rings. The van der Waals surface area contributed by atoms with E-state index in [2.05, 4.69) is 21.3 Å². The summed E-state index contributed by atoms with van der Waals surface area (Å²) in [4.78, 5) is 45.8. The zero-order valence-electron chi connectivity index (χ0n) is 21.0. The topological polar surface area (TPSA) is 101 Å². The van der Waals surface area contributed by atoms with Gasteiger partial charge in [-0.05, 0) is 61.9 Å². The molecule has 202 valence electrons. The molecule has 3 atom stereocenters. The first kappa shape index (κ1) is 26.0. The van der Waals surface area contributed by atoms with Crippen LogP contribution in [0.25, 0.3) is 0 Å². The molecule has 3 fully saturated rings. The number of pyridine rings is 1. The van der Waals surface area contributed by atoms with Gasteiger partial charge in [-0.1, -0.05) is 12.1 Å². The van der Waals surface area contributed by atoms with E-state index in [1.807, 2.05) is 18.3 Å². The zero-order valence-corrected chi connectivity index (χ0v) is 21.0. The molecule has 0 spiro atoms. The number of cyclic esters (lactones) is 1. The van der Waals surface area contributed by atoms with Crippen LogP contribution in [0.1, 0.15) is 55.3 Å². The fraction of sp³-hybridized carbons (Fsp3) is 0.481. The number of amides is 3. The van der Waals surface area contributed by atoms with Gasteiger partial charge in [-0.25, -0.2) is 28.1 Å². The average Bonchev–Trinajstić information content (AvgIpc) is 3.54. The summed E-state index contributed by atoms with van der Waals surface area (Å²) in [5.74, 6) is -2.71. The summed E-state index contributed by atoms with van der Waals surface area (Å²) in [6.07, 6.45) is 4.16. The number of rotatable bonds is 5. The number of carbonyl (C=O) groups excluding carboxylic acids is 3. The maximum Gasteiger partial charge on any atom is 0.419 e. The normalized spacial score (nSPS) is 27.7. The number of nitrogens with zero attached hydrogens (tertiary/aromatic N) is 3. The minimum Gasteiger partial charge on any atom is -0.466 e. The predicted octanol–water partition coefficient (Wildman–Crippen LogP) is 3.91. The zero-order chi connectivity index (χ0) is 26.8. The van der Waals surface area contributed by atoms with E-state index in [-0.39, 0.29) is 11.6 Å². The Morgan fingerprint density at radius 3 is 2.55 bits per heavy atom. The van der Waals surface area contributed by atoms with Gasteiger partial charge in [-0.15, -0.1) is 0 Å². The van der Waals surface area contributed by atoms with Crippen LogP contribution in [-0.2, 0) is 14.3 Å². The van der Waals surface area contributed by atoms with Crippen molar-refractivity contribution >= 4 is 18.1 Å². The van der Waals surface area contributed by atoms with Crippen molar-refractivity contribution in [2.45, 2.75) is 62.3 Å². The molecule has 0 bridgehead atoms. The summed E-state index contributed by atoms with van der Waals surface area (Å²) in [7, 11) is 1.11. The summed E-state index contributed by atoms with van der Waals surface area (Å²) in [6.45, 7) is 1.44. The Morgan fingerprint density at radius 2 is 1.87 bits per heavy atom. The van der Waals surface area contributed by atoms with Crippen LogP contribution in [0.2, 0.25) is 0 Å². The molecular weight excluding hydrogens is 498 g/mol.